The fourth-order valence-electron chi connectivity index (χ4n) is 3.09. The van der Waals surface area contributed by atoms with Gasteiger partial charge in [0.15, 0.2) is 6.10 Å². The topological polar surface area (TPSA) is 120 Å². The summed E-state index contributed by atoms with van der Waals surface area (Å²) < 4.78 is 31.0. The van der Waals surface area contributed by atoms with E-state index in [2.05, 4.69) is 10.3 Å². The molecule has 9 heteroatoms. The summed E-state index contributed by atoms with van der Waals surface area (Å²) in [5.41, 5.74) is 6.81. The number of ether oxygens (including phenoxy) is 3. The normalized spacial score (nSPS) is 11.5. The van der Waals surface area contributed by atoms with Crippen LogP contribution in [0, 0.1) is 11.2 Å². The van der Waals surface area contributed by atoms with Gasteiger partial charge in [0.1, 0.15) is 28.9 Å². The molecule has 2 aromatic carbocycles. The minimum absolute atomic E-state index is 0.0773. The van der Waals surface area contributed by atoms with Gasteiger partial charge >= 0.3 is 0 Å². The average Bonchev–Trinajstić information content (AvgIpc) is 2.82. The molecule has 0 aliphatic carbocycles. The van der Waals surface area contributed by atoms with Crippen molar-refractivity contribution in [2.24, 2.45) is 5.73 Å². The molecule has 1 atom stereocenters. The first-order valence-electron chi connectivity index (χ1n) is 10.2. The summed E-state index contributed by atoms with van der Waals surface area (Å²) in [4.78, 5) is 16.9. The molecule has 0 aliphatic heterocycles. The maximum absolute atomic E-state index is 14.6. The van der Waals surface area contributed by atoms with E-state index in [1.54, 1.807) is 55.7 Å². The van der Waals surface area contributed by atoms with E-state index in [0.29, 0.717) is 28.4 Å². The summed E-state index contributed by atoms with van der Waals surface area (Å²) in [5, 5.41) is 10.4. The third kappa shape index (κ3) is 6.05. The van der Waals surface area contributed by atoms with Crippen LogP contribution in [0.2, 0.25) is 0 Å². The Labute approximate surface area is 191 Å². The summed E-state index contributed by atoms with van der Waals surface area (Å²) in [7, 11) is 1.43. The summed E-state index contributed by atoms with van der Waals surface area (Å²) in [5.74, 6) is -0.00112. The standard InChI is InChI=1S/C24H25FN4O4/c1-3-32-22(19-9-8-17(31-2)12-20(19)25)24(30)29-13-16-7-6-15(23(26)27)11-21(16)33-18-5-4-10-28-14-18/h4-12,14,22H,3,13H2,1-2H3,(H3,26,27)(H,29,30). The number of nitrogens with two attached hydrogens (primary N) is 1. The molecular formula is C24H25FN4O4. The lowest BCUT2D eigenvalue weighted by Crippen LogP contribution is -2.31. The number of carbonyl (C=O) groups is 1. The Morgan fingerprint density at radius 2 is 2.03 bits per heavy atom. The Morgan fingerprint density at radius 1 is 1.21 bits per heavy atom. The second-order valence-electron chi connectivity index (χ2n) is 6.97. The number of hydrogen-bond donors (Lipinski definition) is 3. The zero-order chi connectivity index (χ0) is 23.8. The van der Waals surface area contributed by atoms with Crippen LogP contribution < -0.4 is 20.5 Å². The van der Waals surface area contributed by atoms with E-state index in [1.165, 1.54) is 19.2 Å². The van der Waals surface area contributed by atoms with E-state index < -0.39 is 17.8 Å². The molecule has 4 N–H and O–H groups in total. The van der Waals surface area contributed by atoms with E-state index >= 15 is 0 Å². The van der Waals surface area contributed by atoms with Gasteiger partial charge in [-0.2, -0.15) is 0 Å². The highest BCUT2D eigenvalue weighted by Gasteiger charge is 2.25. The van der Waals surface area contributed by atoms with Gasteiger partial charge < -0.3 is 25.3 Å². The molecule has 3 rings (SSSR count). The molecule has 33 heavy (non-hydrogen) atoms. The maximum atomic E-state index is 14.6. The number of carbonyl (C=O) groups excluding carboxylic acids is 1. The Bertz CT molecular complexity index is 1120. The number of methoxy groups -OCH3 is 1. The summed E-state index contributed by atoms with van der Waals surface area (Å²) in [6.07, 6.45) is 2.02. The monoisotopic (exact) mass is 452 g/mol. The molecule has 1 heterocycles. The summed E-state index contributed by atoms with van der Waals surface area (Å²) in [6, 6.07) is 12.7. The zero-order valence-electron chi connectivity index (χ0n) is 18.3. The summed E-state index contributed by atoms with van der Waals surface area (Å²) >= 11 is 0. The highest BCUT2D eigenvalue weighted by atomic mass is 19.1. The Kier molecular flexibility index (Phi) is 7.93. The largest absolute Gasteiger partial charge is 0.497 e. The molecule has 3 aromatic rings. The van der Waals surface area contributed by atoms with Gasteiger partial charge in [-0.3, -0.25) is 15.2 Å². The van der Waals surface area contributed by atoms with Crippen molar-refractivity contribution in [2.45, 2.75) is 19.6 Å². The van der Waals surface area contributed by atoms with Crippen molar-refractivity contribution < 1.29 is 23.4 Å². The lowest BCUT2D eigenvalue weighted by Gasteiger charge is -2.19. The maximum Gasteiger partial charge on any atom is 0.254 e. The molecule has 0 aliphatic rings. The number of benzene rings is 2. The van der Waals surface area contributed by atoms with Crippen molar-refractivity contribution in [1.29, 1.82) is 5.41 Å². The average molecular weight is 452 g/mol. The third-order valence-electron chi connectivity index (χ3n) is 4.75. The van der Waals surface area contributed by atoms with Crippen molar-refractivity contribution in [3.05, 3.63) is 83.4 Å². The highest BCUT2D eigenvalue weighted by Crippen LogP contribution is 2.28. The molecule has 0 saturated heterocycles. The van der Waals surface area contributed by atoms with Gasteiger partial charge in [0.2, 0.25) is 0 Å². The zero-order valence-corrected chi connectivity index (χ0v) is 18.3. The number of nitrogens with zero attached hydrogens (tertiary/aromatic N) is 1. The van der Waals surface area contributed by atoms with Gasteiger partial charge in [-0.1, -0.05) is 12.1 Å². The van der Waals surface area contributed by atoms with Crippen LogP contribution in [0.4, 0.5) is 4.39 Å². The molecule has 8 nitrogen and oxygen atoms in total. The molecule has 0 saturated carbocycles. The SMILES string of the molecule is CCOC(C(=O)NCc1ccc(C(=N)N)cc1Oc1cccnc1)c1ccc(OC)cc1F. The second-order valence-corrected chi connectivity index (χ2v) is 6.97. The van der Waals surface area contributed by atoms with Crippen LogP contribution in [0.5, 0.6) is 17.2 Å². The van der Waals surface area contributed by atoms with Gasteiger partial charge in [0.25, 0.3) is 5.91 Å². The van der Waals surface area contributed by atoms with Gasteiger partial charge in [-0.15, -0.1) is 0 Å². The highest BCUT2D eigenvalue weighted by molar-refractivity contribution is 5.95. The van der Waals surface area contributed by atoms with Gasteiger partial charge in [0, 0.05) is 42.1 Å². The minimum Gasteiger partial charge on any atom is -0.497 e. The van der Waals surface area contributed by atoms with Crippen LogP contribution in [0.15, 0.2) is 60.9 Å². The smallest absolute Gasteiger partial charge is 0.254 e. The number of amidine groups is 1. The van der Waals surface area contributed by atoms with Crippen LogP contribution in [0.25, 0.3) is 0 Å². The Balaban J connectivity index is 1.82. The van der Waals surface area contributed by atoms with E-state index in [4.69, 9.17) is 25.4 Å². The fraction of sp³-hybridized carbons (Fsp3) is 0.208. The summed E-state index contributed by atoms with van der Waals surface area (Å²) in [6.45, 7) is 2.02. The molecule has 1 unspecified atom stereocenters. The van der Waals surface area contributed by atoms with Crippen LogP contribution in [-0.2, 0) is 16.1 Å². The quantitative estimate of drug-likeness (QED) is 0.319. The number of rotatable bonds is 10. The second kappa shape index (κ2) is 11.1. The Morgan fingerprint density at radius 3 is 2.67 bits per heavy atom. The minimum atomic E-state index is -1.14. The van der Waals surface area contributed by atoms with Crippen LogP contribution in [-0.4, -0.2) is 30.4 Å². The van der Waals surface area contributed by atoms with Crippen LogP contribution >= 0.6 is 0 Å². The third-order valence-corrected chi connectivity index (χ3v) is 4.75. The van der Waals surface area contributed by atoms with Crippen LogP contribution in [0.1, 0.15) is 29.7 Å². The van der Waals surface area contributed by atoms with E-state index in [0.717, 1.165) is 0 Å². The van der Waals surface area contributed by atoms with Gasteiger partial charge in [-0.25, -0.2) is 4.39 Å². The molecule has 1 aromatic heterocycles. The van der Waals surface area contributed by atoms with Crippen molar-refractivity contribution >= 4 is 11.7 Å². The number of amides is 1. The molecule has 0 spiro atoms. The van der Waals surface area contributed by atoms with Gasteiger partial charge in [0.05, 0.1) is 13.3 Å². The first-order chi connectivity index (χ1) is 15.9. The molecule has 0 fully saturated rings. The van der Waals surface area contributed by atoms with Crippen molar-refractivity contribution in [2.75, 3.05) is 13.7 Å². The van der Waals surface area contributed by atoms with Crippen molar-refractivity contribution in [3.63, 3.8) is 0 Å². The van der Waals surface area contributed by atoms with Crippen molar-refractivity contribution in [1.82, 2.24) is 10.3 Å². The molecule has 172 valence electrons. The number of nitrogen functional groups attached to an aromatic ring is 1. The number of halogens is 1. The molecule has 1 amide bonds. The number of aromatic nitrogens is 1. The van der Waals surface area contributed by atoms with E-state index in [9.17, 15) is 9.18 Å². The van der Waals surface area contributed by atoms with Crippen molar-refractivity contribution in [3.8, 4) is 17.2 Å². The number of nitrogens with one attached hydrogen (secondary N) is 2. The lowest BCUT2D eigenvalue weighted by atomic mass is 10.1. The first kappa shape index (κ1) is 23.7. The molecular weight excluding hydrogens is 427 g/mol. The van der Waals surface area contributed by atoms with Crippen LogP contribution in [0.3, 0.4) is 0 Å². The molecule has 0 radical (unpaired) electrons. The number of pyridine rings is 1. The fourth-order valence-corrected chi connectivity index (χ4v) is 3.09. The van der Waals surface area contributed by atoms with Gasteiger partial charge in [-0.05, 0) is 37.3 Å². The van der Waals surface area contributed by atoms with E-state index in [-0.39, 0.29) is 24.6 Å². The van der Waals surface area contributed by atoms with E-state index in [1.807, 2.05) is 0 Å². The Hall–Kier alpha value is -3.98. The molecule has 0 bridgehead atoms. The predicted octanol–water partition coefficient (Wildman–Crippen LogP) is 3.70. The number of hydrogen-bond acceptors (Lipinski definition) is 6. The first-order valence-corrected chi connectivity index (χ1v) is 10.2. The predicted molar refractivity (Wildman–Crippen MR) is 121 cm³/mol. The lowest BCUT2D eigenvalue weighted by molar-refractivity contribution is -0.133.